The van der Waals surface area contributed by atoms with Crippen LogP contribution in [-0.4, -0.2) is 73.9 Å². The van der Waals surface area contributed by atoms with Crippen molar-refractivity contribution in [1.29, 1.82) is 0 Å². The molecule has 0 radical (unpaired) electrons. The summed E-state index contributed by atoms with van der Waals surface area (Å²) in [4.78, 5) is 61.0. The number of H-pyrrole nitrogens is 2. The molecule has 15 heteroatoms. The standard InChI is InChI=1S/C45H53N7O4.4H2S/c1-27-11-5-3-6-12-30-23-32(25-35-39(30)49-41(46-35)37-15-9-21-51(37)43(27)53)28-17-19-29(20-18-28)33-24-31-13-7-4-8-14-34(48-45(55)56-2)44(54)52-22-10-16-38(52)42-47-36(26-33)40(31)50-42;;;;/h17-20,23-27,34,37-38H,3-16,21-22H2,1-2H3,(H,46,49)(H,47,50)(H,48,55);4*1H2/t27-,34-,37-,38-;;;;/m0..../s1. The number of carbonyl (C=O) groups excluding carboxylic acids is 3. The van der Waals surface area contributed by atoms with Crippen LogP contribution in [0.4, 0.5) is 4.79 Å². The lowest BCUT2D eigenvalue weighted by atomic mass is 9.94. The third kappa shape index (κ3) is 9.34. The zero-order valence-electron chi connectivity index (χ0n) is 34.7. The number of hydrogen-bond donors (Lipinski definition) is 3. The van der Waals surface area contributed by atoms with Crippen molar-refractivity contribution >= 4 is 94.0 Å². The Morgan fingerprint density at radius 3 is 1.62 bits per heavy atom. The number of ether oxygens (including phenoxy) is 1. The van der Waals surface area contributed by atoms with Crippen molar-refractivity contribution in [3.63, 3.8) is 0 Å². The lowest BCUT2D eigenvalue weighted by Gasteiger charge is -2.28. The molecule has 60 heavy (non-hydrogen) atoms. The molecule has 4 aliphatic rings. The maximum Gasteiger partial charge on any atom is 0.407 e. The minimum Gasteiger partial charge on any atom is -0.453 e. The van der Waals surface area contributed by atoms with Gasteiger partial charge in [0.15, 0.2) is 0 Å². The molecule has 3 amide bonds. The Bertz CT molecular complexity index is 2300. The second-order valence-electron chi connectivity index (χ2n) is 16.6. The highest BCUT2D eigenvalue weighted by Crippen LogP contribution is 2.38. The normalized spacial score (nSPS) is 22.0. The molecule has 4 bridgehead atoms. The number of hydrogen-bond acceptors (Lipinski definition) is 6. The van der Waals surface area contributed by atoms with Crippen LogP contribution in [0.3, 0.4) is 0 Å². The molecule has 0 spiro atoms. The minimum absolute atomic E-state index is 0. The first-order valence-electron chi connectivity index (χ1n) is 21.0. The summed E-state index contributed by atoms with van der Waals surface area (Å²) in [5.74, 6) is 1.99. The number of aromatic nitrogens is 4. The number of nitrogens with one attached hydrogen (secondary N) is 3. The summed E-state index contributed by atoms with van der Waals surface area (Å²) in [5.41, 5.74) is 11.2. The number of rotatable bonds is 3. The summed E-state index contributed by atoms with van der Waals surface area (Å²) in [5, 5.41) is 2.80. The van der Waals surface area contributed by atoms with Gasteiger partial charge in [0.2, 0.25) is 11.8 Å². The van der Waals surface area contributed by atoms with Crippen LogP contribution in [0.5, 0.6) is 0 Å². The van der Waals surface area contributed by atoms with Crippen LogP contribution in [-0.2, 0) is 27.2 Å². The van der Waals surface area contributed by atoms with Crippen molar-refractivity contribution in [2.45, 2.75) is 115 Å². The molecule has 6 heterocycles. The Kier molecular flexibility index (Phi) is 16.1. The van der Waals surface area contributed by atoms with Gasteiger partial charge in [-0.15, -0.1) is 0 Å². The van der Waals surface area contributed by atoms with Crippen LogP contribution in [0.15, 0.2) is 48.5 Å². The minimum atomic E-state index is -0.608. The summed E-state index contributed by atoms with van der Waals surface area (Å²) < 4.78 is 4.86. The van der Waals surface area contributed by atoms with Gasteiger partial charge in [0.1, 0.15) is 17.7 Å². The monoisotopic (exact) mass is 891 g/mol. The van der Waals surface area contributed by atoms with Crippen molar-refractivity contribution < 1.29 is 19.1 Å². The number of amides is 3. The Hall–Kier alpha value is -3.79. The number of nitrogens with zero attached hydrogens (tertiary/aromatic N) is 4. The molecular weight excluding hydrogens is 831 g/mol. The fourth-order valence-electron chi connectivity index (χ4n) is 9.78. The molecule has 4 aliphatic heterocycles. The molecule has 0 aliphatic carbocycles. The summed E-state index contributed by atoms with van der Waals surface area (Å²) in [6.07, 6.45) is 12.5. The van der Waals surface area contributed by atoms with E-state index in [2.05, 4.69) is 75.6 Å². The third-order valence-corrected chi connectivity index (χ3v) is 12.8. The van der Waals surface area contributed by atoms with E-state index in [1.165, 1.54) is 23.8 Å². The van der Waals surface area contributed by atoms with Gasteiger partial charge >= 0.3 is 6.09 Å². The molecule has 3 N–H and O–H groups in total. The Morgan fingerprint density at radius 2 is 1.12 bits per heavy atom. The quantitative estimate of drug-likeness (QED) is 0.165. The maximum atomic E-state index is 13.8. The first kappa shape index (κ1) is 47.3. The molecule has 324 valence electrons. The summed E-state index contributed by atoms with van der Waals surface area (Å²) in [6, 6.07) is 17.2. The number of carbonyl (C=O) groups is 3. The Balaban J connectivity index is 0.00000171. The van der Waals surface area contributed by atoms with E-state index in [0.29, 0.717) is 13.0 Å². The molecule has 2 aromatic heterocycles. The van der Waals surface area contributed by atoms with Gasteiger partial charge in [-0.25, -0.2) is 14.8 Å². The first-order chi connectivity index (χ1) is 27.3. The van der Waals surface area contributed by atoms with E-state index in [0.717, 1.165) is 140 Å². The molecule has 0 saturated carbocycles. The third-order valence-electron chi connectivity index (χ3n) is 12.8. The van der Waals surface area contributed by atoms with Crippen molar-refractivity contribution in [3.05, 3.63) is 71.3 Å². The van der Waals surface area contributed by atoms with Crippen LogP contribution >= 0.6 is 54.0 Å². The van der Waals surface area contributed by atoms with E-state index < -0.39 is 12.1 Å². The molecule has 11 nitrogen and oxygen atoms in total. The SMILES string of the molecule is COC(=O)N[C@H]1CCCCCc2cc(-c3ccc(-c4cc5c6nc([nH]c6c4)[C@@H]4CCCN4C(=O)[C@@H](C)CCCCC5)cc3)cc3[nH]c(nc23)[C@@H]2CCCN2C1=O.S.S.S.S. The van der Waals surface area contributed by atoms with E-state index >= 15 is 0 Å². The van der Waals surface area contributed by atoms with Gasteiger partial charge in [-0.3, -0.25) is 9.59 Å². The molecule has 4 atom stereocenters. The van der Waals surface area contributed by atoms with Crippen LogP contribution in [0.25, 0.3) is 44.3 Å². The van der Waals surface area contributed by atoms with Crippen LogP contribution in [0.1, 0.15) is 119 Å². The van der Waals surface area contributed by atoms with Crippen LogP contribution < -0.4 is 5.32 Å². The fourth-order valence-corrected chi connectivity index (χ4v) is 9.78. The zero-order valence-corrected chi connectivity index (χ0v) is 38.7. The number of imidazole rings is 2. The molecule has 9 rings (SSSR count). The predicted octanol–water partition coefficient (Wildman–Crippen LogP) is 9.15. The van der Waals surface area contributed by atoms with E-state index in [1.54, 1.807) is 0 Å². The highest BCUT2D eigenvalue weighted by atomic mass is 32.1. The fraction of sp³-hybridized carbons (Fsp3) is 0.489. The van der Waals surface area contributed by atoms with E-state index in [-0.39, 0.29) is 83.8 Å². The van der Waals surface area contributed by atoms with Gasteiger partial charge in [-0.05, 0) is 122 Å². The summed E-state index contributed by atoms with van der Waals surface area (Å²) in [6.45, 7) is 3.54. The average Bonchev–Trinajstić information content (AvgIpc) is 4.04. The van der Waals surface area contributed by atoms with Gasteiger partial charge in [-0.1, -0.05) is 56.9 Å². The highest BCUT2D eigenvalue weighted by molar-refractivity contribution is 7.59. The van der Waals surface area contributed by atoms with Gasteiger partial charge < -0.3 is 29.8 Å². The molecule has 3 aromatic carbocycles. The van der Waals surface area contributed by atoms with E-state index in [9.17, 15) is 14.4 Å². The average molecular weight is 892 g/mol. The maximum absolute atomic E-state index is 13.8. The van der Waals surface area contributed by atoms with E-state index in [4.69, 9.17) is 14.7 Å². The second kappa shape index (κ2) is 20.4. The van der Waals surface area contributed by atoms with Crippen LogP contribution in [0, 0.1) is 5.92 Å². The lowest BCUT2D eigenvalue weighted by molar-refractivity contribution is -0.136. The summed E-state index contributed by atoms with van der Waals surface area (Å²) >= 11 is 0. The molecule has 2 saturated heterocycles. The Labute approximate surface area is 380 Å². The van der Waals surface area contributed by atoms with Crippen molar-refractivity contribution in [2.75, 3.05) is 20.2 Å². The number of benzene rings is 3. The number of fused-ring (bicyclic) bond motifs is 6. The zero-order chi connectivity index (χ0) is 38.3. The van der Waals surface area contributed by atoms with E-state index in [1.807, 2.05) is 4.90 Å². The van der Waals surface area contributed by atoms with Crippen LogP contribution in [0.2, 0.25) is 0 Å². The van der Waals surface area contributed by atoms with Crippen molar-refractivity contribution in [1.82, 2.24) is 35.1 Å². The molecule has 5 aromatic rings. The van der Waals surface area contributed by atoms with Crippen molar-refractivity contribution in [2.24, 2.45) is 5.92 Å². The largest absolute Gasteiger partial charge is 0.453 e. The molecule has 0 unspecified atom stereocenters. The first-order valence-corrected chi connectivity index (χ1v) is 21.0. The number of aryl methyl sites for hydroxylation is 2. The second-order valence-corrected chi connectivity index (χ2v) is 16.6. The van der Waals surface area contributed by atoms with Gasteiger partial charge in [0.25, 0.3) is 0 Å². The Morgan fingerprint density at radius 1 is 0.633 bits per heavy atom. The van der Waals surface area contributed by atoms with Crippen molar-refractivity contribution in [3.8, 4) is 22.3 Å². The number of methoxy groups -OCH3 is 1. The van der Waals surface area contributed by atoms with Gasteiger partial charge in [0, 0.05) is 19.0 Å². The summed E-state index contributed by atoms with van der Waals surface area (Å²) in [7, 11) is 1.33. The highest BCUT2D eigenvalue weighted by Gasteiger charge is 2.37. The molecular formula is C45H61N7O4S4. The smallest absolute Gasteiger partial charge is 0.407 e. The number of alkyl carbamates (subject to hydrolysis) is 1. The van der Waals surface area contributed by atoms with Gasteiger partial charge in [0.05, 0.1) is 41.3 Å². The number of aromatic amines is 2. The predicted molar refractivity (Wildman–Crippen MR) is 258 cm³/mol. The lowest BCUT2D eigenvalue weighted by Crippen LogP contribution is -2.48. The topological polar surface area (TPSA) is 136 Å². The molecule has 2 fully saturated rings. The van der Waals surface area contributed by atoms with Gasteiger partial charge in [-0.2, -0.15) is 54.0 Å².